The van der Waals surface area contributed by atoms with Gasteiger partial charge in [0.1, 0.15) is 5.82 Å². The predicted molar refractivity (Wildman–Crippen MR) is 71.5 cm³/mol. The molecule has 1 saturated heterocycles. The van der Waals surface area contributed by atoms with E-state index in [0.29, 0.717) is 12.4 Å². The van der Waals surface area contributed by atoms with E-state index < -0.39 is 0 Å². The Morgan fingerprint density at radius 2 is 2.39 bits per heavy atom. The van der Waals surface area contributed by atoms with Crippen molar-refractivity contribution < 1.29 is 4.79 Å². The Morgan fingerprint density at radius 3 is 3.22 bits per heavy atom. The van der Waals surface area contributed by atoms with E-state index >= 15 is 0 Å². The van der Waals surface area contributed by atoms with Crippen LogP contribution < -0.4 is 10.6 Å². The van der Waals surface area contributed by atoms with Crippen molar-refractivity contribution >= 4 is 11.7 Å². The van der Waals surface area contributed by atoms with Crippen LogP contribution in [0.25, 0.3) is 0 Å². The molecule has 1 aliphatic heterocycles. The molecule has 2 heterocycles. The van der Waals surface area contributed by atoms with Crippen LogP contribution in [-0.2, 0) is 4.79 Å². The summed E-state index contributed by atoms with van der Waals surface area (Å²) in [6.07, 6.45) is 2.80. The molecule has 98 valence electrons. The molecule has 0 aliphatic carbocycles. The Hall–Kier alpha value is -1.46. The van der Waals surface area contributed by atoms with E-state index in [1.807, 2.05) is 19.1 Å². The second-order valence-electron chi connectivity index (χ2n) is 4.65. The lowest BCUT2D eigenvalue weighted by Crippen LogP contribution is -2.35. The average Bonchev–Trinajstić information content (AvgIpc) is 2.57. The Kier molecular flexibility index (Phi) is 4.66. The molecule has 5 nitrogen and oxygen atoms in total. The van der Waals surface area contributed by atoms with Gasteiger partial charge in [-0.1, -0.05) is 0 Å². The van der Waals surface area contributed by atoms with Gasteiger partial charge >= 0.3 is 0 Å². The first-order valence-electron chi connectivity index (χ1n) is 6.39. The lowest BCUT2D eigenvalue weighted by molar-refractivity contribution is -0.117. The third-order valence-corrected chi connectivity index (χ3v) is 2.98. The molecule has 2 rings (SSSR count). The lowest BCUT2D eigenvalue weighted by atomic mass is 10.3. The van der Waals surface area contributed by atoms with Crippen molar-refractivity contribution in [2.75, 3.05) is 38.0 Å². The topological polar surface area (TPSA) is 57.3 Å². The molecule has 18 heavy (non-hydrogen) atoms. The zero-order valence-electron chi connectivity index (χ0n) is 10.8. The fourth-order valence-corrected chi connectivity index (χ4v) is 2.05. The maximum atomic E-state index is 11.9. The van der Waals surface area contributed by atoms with Crippen molar-refractivity contribution in [3.8, 4) is 0 Å². The molecule has 0 unspecified atom stereocenters. The average molecular weight is 248 g/mol. The van der Waals surface area contributed by atoms with Crippen molar-refractivity contribution in [2.45, 2.75) is 13.3 Å². The van der Waals surface area contributed by atoms with Crippen molar-refractivity contribution in [2.24, 2.45) is 0 Å². The first kappa shape index (κ1) is 13.0. The Labute approximate surface area is 108 Å². The normalized spacial score (nSPS) is 17.2. The summed E-state index contributed by atoms with van der Waals surface area (Å²) in [5.41, 5.74) is 1.10. The second-order valence-corrected chi connectivity index (χ2v) is 4.65. The Bertz CT molecular complexity index is 400. The number of aromatic nitrogens is 1. The first-order chi connectivity index (χ1) is 8.74. The number of carbonyl (C=O) groups is 1. The summed E-state index contributed by atoms with van der Waals surface area (Å²) < 4.78 is 0. The molecule has 5 heteroatoms. The molecule has 0 bridgehead atoms. The van der Waals surface area contributed by atoms with Gasteiger partial charge in [-0.3, -0.25) is 9.69 Å². The molecule has 0 aromatic carbocycles. The summed E-state index contributed by atoms with van der Waals surface area (Å²) in [4.78, 5) is 18.2. The highest BCUT2D eigenvalue weighted by atomic mass is 16.2. The minimum absolute atomic E-state index is 0.00926. The molecule has 1 aromatic heterocycles. The molecular weight excluding hydrogens is 228 g/mol. The molecule has 2 N–H and O–H groups in total. The number of carbonyl (C=O) groups excluding carboxylic acids is 1. The lowest BCUT2D eigenvalue weighted by Gasteiger charge is -2.18. The van der Waals surface area contributed by atoms with Crippen LogP contribution in [0.5, 0.6) is 0 Å². The number of amides is 1. The summed E-state index contributed by atoms with van der Waals surface area (Å²) in [6.45, 7) is 6.32. The van der Waals surface area contributed by atoms with Gasteiger partial charge in [0, 0.05) is 19.3 Å². The van der Waals surface area contributed by atoms with Crippen LogP contribution in [-0.4, -0.2) is 48.5 Å². The van der Waals surface area contributed by atoms with Gasteiger partial charge < -0.3 is 10.6 Å². The van der Waals surface area contributed by atoms with Crippen LogP contribution >= 0.6 is 0 Å². The summed E-state index contributed by atoms with van der Waals surface area (Å²) in [5.74, 6) is 0.642. The molecule has 0 saturated carbocycles. The predicted octanol–water partition coefficient (Wildman–Crippen LogP) is 0.624. The summed E-state index contributed by atoms with van der Waals surface area (Å²) in [5, 5.41) is 6.16. The van der Waals surface area contributed by atoms with Gasteiger partial charge in [0.2, 0.25) is 5.91 Å². The van der Waals surface area contributed by atoms with E-state index in [-0.39, 0.29) is 5.91 Å². The number of rotatable bonds is 3. The molecule has 1 amide bonds. The van der Waals surface area contributed by atoms with Crippen molar-refractivity contribution in [1.82, 2.24) is 15.2 Å². The number of nitrogens with one attached hydrogen (secondary N) is 2. The summed E-state index contributed by atoms with van der Waals surface area (Å²) in [6, 6.07) is 3.79. The first-order valence-corrected chi connectivity index (χ1v) is 6.39. The van der Waals surface area contributed by atoms with Crippen LogP contribution in [0, 0.1) is 6.92 Å². The molecule has 0 atom stereocenters. The molecule has 0 spiro atoms. The van der Waals surface area contributed by atoms with Gasteiger partial charge in [-0.2, -0.15) is 0 Å². The van der Waals surface area contributed by atoms with Gasteiger partial charge in [0.25, 0.3) is 0 Å². The third kappa shape index (κ3) is 4.09. The zero-order valence-corrected chi connectivity index (χ0v) is 10.8. The zero-order chi connectivity index (χ0) is 12.8. The van der Waals surface area contributed by atoms with Crippen molar-refractivity contribution in [3.05, 3.63) is 23.9 Å². The SMILES string of the molecule is Cc1ccnc(NC(=O)CN2CCCNCC2)c1. The van der Waals surface area contributed by atoms with Gasteiger partial charge in [-0.25, -0.2) is 4.98 Å². The molecule has 1 aromatic rings. The number of pyridine rings is 1. The number of hydrogen-bond acceptors (Lipinski definition) is 4. The summed E-state index contributed by atoms with van der Waals surface area (Å²) >= 11 is 0. The fourth-order valence-electron chi connectivity index (χ4n) is 2.05. The van der Waals surface area contributed by atoms with Crippen LogP contribution in [0.15, 0.2) is 18.3 Å². The maximum absolute atomic E-state index is 11.9. The highest BCUT2D eigenvalue weighted by Gasteiger charge is 2.12. The highest BCUT2D eigenvalue weighted by molar-refractivity contribution is 5.91. The maximum Gasteiger partial charge on any atom is 0.239 e. The van der Waals surface area contributed by atoms with Gasteiger partial charge in [-0.05, 0) is 44.1 Å². The number of nitrogens with zero attached hydrogens (tertiary/aromatic N) is 2. The Morgan fingerprint density at radius 1 is 1.50 bits per heavy atom. The van der Waals surface area contributed by atoms with Gasteiger partial charge in [0.15, 0.2) is 0 Å². The largest absolute Gasteiger partial charge is 0.315 e. The van der Waals surface area contributed by atoms with Crippen LogP contribution in [0.3, 0.4) is 0 Å². The van der Waals surface area contributed by atoms with Gasteiger partial charge in [0.05, 0.1) is 6.54 Å². The van der Waals surface area contributed by atoms with E-state index in [0.717, 1.165) is 38.2 Å². The second kappa shape index (κ2) is 6.47. The third-order valence-electron chi connectivity index (χ3n) is 2.98. The van der Waals surface area contributed by atoms with Crippen LogP contribution in [0.1, 0.15) is 12.0 Å². The van der Waals surface area contributed by atoms with Crippen molar-refractivity contribution in [1.29, 1.82) is 0 Å². The Balaban J connectivity index is 1.84. The van der Waals surface area contributed by atoms with E-state index in [4.69, 9.17) is 0 Å². The smallest absolute Gasteiger partial charge is 0.239 e. The van der Waals surface area contributed by atoms with Gasteiger partial charge in [-0.15, -0.1) is 0 Å². The minimum Gasteiger partial charge on any atom is -0.315 e. The van der Waals surface area contributed by atoms with E-state index in [9.17, 15) is 4.79 Å². The van der Waals surface area contributed by atoms with Crippen LogP contribution in [0.2, 0.25) is 0 Å². The number of anilines is 1. The van der Waals surface area contributed by atoms with Crippen molar-refractivity contribution in [3.63, 3.8) is 0 Å². The molecule has 1 fully saturated rings. The standard InChI is InChI=1S/C13H20N4O/c1-11-3-5-15-12(9-11)16-13(18)10-17-7-2-4-14-6-8-17/h3,5,9,14H,2,4,6-8,10H2,1H3,(H,15,16,18). The number of hydrogen-bond donors (Lipinski definition) is 2. The minimum atomic E-state index is 0.00926. The summed E-state index contributed by atoms with van der Waals surface area (Å²) in [7, 11) is 0. The van der Waals surface area contributed by atoms with Crippen LogP contribution in [0.4, 0.5) is 5.82 Å². The molecular formula is C13H20N4O. The van der Waals surface area contributed by atoms with E-state index in [1.165, 1.54) is 0 Å². The molecule has 1 aliphatic rings. The highest BCUT2D eigenvalue weighted by Crippen LogP contribution is 2.05. The monoisotopic (exact) mass is 248 g/mol. The fraction of sp³-hybridized carbons (Fsp3) is 0.538. The van der Waals surface area contributed by atoms with E-state index in [2.05, 4.69) is 20.5 Å². The quantitative estimate of drug-likeness (QED) is 0.823. The molecule has 0 radical (unpaired) electrons. The van der Waals surface area contributed by atoms with E-state index in [1.54, 1.807) is 6.20 Å². The number of aryl methyl sites for hydroxylation is 1.